The number of carbonyl (C=O) groups excluding carboxylic acids is 1. The summed E-state index contributed by atoms with van der Waals surface area (Å²) in [6, 6.07) is 5.56. The Labute approximate surface area is 144 Å². The van der Waals surface area contributed by atoms with E-state index >= 15 is 0 Å². The van der Waals surface area contributed by atoms with Crippen LogP contribution >= 0.6 is 0 Å². The number of carbonyl (C=O) groups is 1. The zero-order valence-electron chi connectivity index (χ0n) is 14.3. The van der Waals surface area contributed by atoms with Crippen LogP contribution in [0.5, 0.6) is 0 Å². The van der Waals surface area contributed by atoms with Gasteiger partial charge < -0.3 is 9.80 Å². The van der Waals surface area contributed by atoms with Crippen LogP contribution in [-0.2, 0) is 19.6 Å². The van der Waals surface area contributed by atoms with E-state index in [-0.39, 0.29) is 5.91 Å². The maximum Gasteiger partial charge on any atom is 0.254 e. The molecule has 0 fully saturated rings. The molecule has 3 aromatic heterocycles. The number of tetrazole rings is 1. The van der Waals surface area contributed by atoms with Gasteiger partial charge in [0.25, 0.3) is 5.91 Å². The van der Waals surface area contributed by atoms with Crippen molar-refractivity contribution in [3.05, 3.63) is 41.3 Å². The van der Waals surface area contributed by atoms with Crippen molar-refractivity contribution in [2.24, 2.45) is 0 Å². The molecule has 0 N–H and O–H groups in total. The van der Waals surface area contributed by atoms with E-state index in [0.717, 1.165) is 24.5 Å². The first-order valence-corrected chi connectivity index (χ1v) is 8.35. The SMILES string of the molecule is CCN(C)Cc1cc2n(n1)CCN(C(=O)c1ccn3nnnc3c1)C2. The number of pyridine rings is 1. The molecule has 9 nitrogen and oxygen atoms in total. The van der Waals surface area contributed by atoms with Gasteiger partial charge in [-0.25, -0.2) is 4.52 Å². The highest BCUT2D eigenvalue weighted by Crippen LogP contribution is 2.17. The van der Waals surface area contributed by atoms with E-state index in [9.17, 15) is 4.79 Å². The average molecular weight is 340 g/mol. The van der Waals surface area contributed by atoms with Crippen LogP contribution in [0.25, 0.3) is 5.65 Å². The number of rotatable bonds is 4. The molecule has 1 amide bonds. The van der Waals surface area contributed by atoms with Crippen molar-refractivity contribution in [2.45, 2.75) is 26.6 Å². The van der Waals surface area contributed by atoms with Crippen LogP contribution in [-0.4, -0.2) is 65.7 Å². The summed E-state index contributed by atoms with van der Waals surface area (Å²) in [7, 11) is 2.07. The molecule has 0 spiro atoms. The molecule has 0 radical (unpaired) electrons. The number of hydrogen-bond donors (Lipinski definition) is 0. The Hall–Kier alpha value is -2.81. The highest BCUT2D eigenvalue weighted by atomic mass is 16.2. The molecule has 0 unspecified atom stereocenters. The summed E-state index contributed by atoms with van der Waals surface area (Å²) in [5.74, 6) is -0.00910. The van der Waals surface area contributed by atoms with Crippen molar-refractivity contribution >= 4 is 11.6 Å². The molecular formula is C16H20N8O. The summed E-state index contributed by atoms with van der Waals surface area (Å²) in [5, 5.41) is 16.0. The molecule has 0 aliphatic carbocycles. The molecule has 0 saturated heterocycles. The molecule has 3 aromatic rings. The summed E-state index contributed by atoms with van der Waals surface area (Å²) in [4.78, 5) is 16.9. The Bertz CT molecular complexity index is 914. The quantitative estimate of drug-likeness (QED) is 0.685. The largest absolute Gasteiger partial charge is 0.331 e. The summed E-state index contributed by atoms with van der Waals surface area (Å²) in [6.45, 7) is 5.85. The van der Waals surface area contributed by atoms with Crippen molar-refractivity contribution in [2.75, 3.05) is 20.1 Å². The van der Waals surface area contributed by atoms with Crippen molar-refractivity contribution in [1.29, 1.82) is 0 Å². The van der Waals surface area contributed by atoms with Crippen molar-refractivity contribution < 1.29 is 4.79 Å². The Kier molecular flexibility index (Phi) is 3.92. The minimum Gasteiger partial charge on any atom is -0.331 e. The summed E-state index contributed by atoms with van der Waals surface area (Å²) in [6.07, 6.45) is 1.70. The lowest BCUT2D eigenvalue weighted by atomic mass is 10.2. The lowest BCUT2D eigenvalue weighted by molar-refractivity contribution is 0.0706. The van der Waals surface area contributed by atoms with Gasteiger partial charge in [0, 0.05) is 24.8 Å². The Morgan fingerprint density at radius 1 is 1.32 bits per heavy atom. The summed E-state index contributed by atoms with van der Waals surface area (Å²) >= 11 is 0. The molecule has 0 bridgehead atoms. The van der Waals surface area contributed by atoms with Gasteiger partial charge in [-0.1, -0.05) is 6.92 Å². The van der Waals surface area contributed by atoms with Gasteiger partial charge in [-0.15, -0.1) is 5.10 Å². The minimum atomic E-state index is -0.00910. The predicted molar refractivity (Wildman–Crippen MR) is 89.8 cm³/mol. The van der Waals surface area contributed by atoms with Crippen LogP contribution in [0, 0.1) is 0 Å². The van der Waals surface area contributed by atoms with E-state index in [1.807, 2.05) is 9.58 Å². The summed E-state index contributed by atoms with van der Waals surface area (Å²) < 4.78 is 3.55. The smallest absolute Gasteiger partial charge is 0.254 e. The topological polar surface area (TPSA) is 84.5 Å². The molecule has 1 aliphatic heterocycles. The molecule has 25 heavy (non-hydrogen) atoms. The Morgan fingerprint density at radius 3 is 3.04 bits per heavy atom. The van der Waals surface area contributed by atoms with Gasteiger partial charge in [-0.3, -0.25) is 9.48 Å². The van der Waals surface area contributed by atoms with E-state index in [1.54, 1.807) is 22.8 Å². The number of aromatic nitrogens is 6. The third-order valence-corrected chi connectivity index (χ3v) is 4.55. The number of fused-ring (bicyclic) bond motifs is 2. The van der Waals surface area contributed by atoms with Gasteiger partial charge in [0.1, 0.15) is 0 Å². The lowest BCUT2D eigenvalue weighted by Crippen LogP contribution is -2.38. The van der Waals surface area contributed by atoms with E-state index in [2.05, 4.69) is 45.6 Å². The van der Waals surface area contributed by atoms with Gasteiger partial charge in [-0.2, -0.15) is 5.10 Å². The van der Waals surface area contributed by atoms with Crippen LogP contribution in [0.4, 0.5) is 0 Å². The molecule has 0 saturated carbocycles. The first-order valence-electron chi connectivity index (χ1n) is 8.35. The second kappa shape index (κ2) is 6.25. The minimum absolute atomic E-state index is 0.00910. The van der Waals surface area contributed by atoms with Gasteiger partial charge >= 0.3 is 0 Å². The van der Waals surface area contributed by atoms with E-state index in [0.29, 0.717) is 30.8 Å². The average Bonchev–Trinajstić information content (AvgIpc) is 3.25. The normalized spacial score (nSPS) is 14.3. The van der Waals surface area contributed by atoms with Crippen LogP contribution in [0.15, 0.2) is 24.4 Å². The van der Waals surface area contributed by atoms with E-state index in [4.69, 9.17) is 0 Å². The number of amides is 1. The van der Waals surface area contributed by atoms with Crippen molar-refractivity contribution in [3.8, 4) is 0 Å². The van der Waals surface area contributed by atoms with Gasteiger partial charge in [0.15, 0.2) is 5.65 Å². The second-order valence-corrected chi connectivity index (χ2v) is 6.30. The molecule has 0 aromatic carbocycles. The highest BCUT2D eigenvalue weighted by Gasteiger charge is 2.23. The number of hydrogen-bond acceptors (Lipinski definition) is 6. The molecule has 4 heterocycles. The Morgan fingerprint density at radius 2 is 2.20 bits per heavy atom. The Balaban J connectivity index is 1.52. The standard InChI is InChI=1S/C16H20N8O/c1-3-21(2)10-13-9-14-11-22(6-7-23(14)18-13)16(25)12-4-5-24-15(8-12)17-19-20-24/h4-5,8-9H,3,6-7,10-11H2,1-2H3. The fraction of sp³-hybridized carbons (Fsp3) is 0.438. The fourth-order valence-electron chi connectivity index (χ4n) is 3.02. The molecule has 4 rings (SSSR count). The van der Waals surface area contributed by atoms with Crippen molar-refractivity contribution in [1.82, 2.24) is 39.6 Å². The summed E-state index contributed by atoms with van der Waals surface area (Å²) in [5.41, 5.74) is 3.29. The third-order valence-electron chi connectivity index (χ3n) is 4.55. The molecular weight excluding hydrogens is 320 g/mol. The molecule has 1 aliphatic rings. The lowest BCUT2D eigenvalue weighted by Gasteiger charge is -2.27. The first kappa shape index (κ1) is 15.7. The van der Waals surface area contributed by atoms with Gasteiger partial charge in [0.2, 0.25) is 0 Å². The third kappa shape index (κ3) is 2.98. The molecule has 9 heteroatoms. The zero-order valence-corrected chi connectivity index (χ0v) is 14.3. The second-order valence-electron chi connectivity index (χ2n) is 6.30. The number of nitrogens with zero attached hydrogens (tertiary/aromatic N) is 8. The molecule has 0 atom stereocenters. The fourth-order valence-corrected chi connectivity index (χ4v) is 3.02. The van der Waals surface area contributed by atoms with E-state index in [1.165, 1.54) is 0 Å². The highest BCUT2D eigenvalue weighted by molar-refractivity contribution is 5.95. The predicted octanol–water partition coefficient (Wildman–Crippen LogP) is 0.428. The first-order chi connectivity index (χ1) is 12.1. The van der Waals surface area contributed by atoms with E-state index < -0.39 is 0 Å². The van der Waals surface area contributed by atoms with Crippen molar-refractivity contribution in [3.63, 3.8) is 0 Å². The van der Waals surface area contributed by atoms with Crippen LogP contribution in [0.3, 0.4) is 0 Å². The monoisotopic (exact) mass is 340 g/mol. The van der Waals surface area contributed by atoms with Gasteiger partial charge in [0.05, 0.1) is 24.5 Å². The maximum absolute atomic E-state index is 12.8. The maximum atomic E-state index is 12.8. The van der Waals surface area contributed by atoms with Crippen LogP contribution in [0.2, 0.25) is 0 Å². The van der Waals surface area contributed by atoms with Crippen LogP contribution < -0.4 is 0 Å². The zero-order chi connectivity index (χ0) is 17.4. The molecule has 130 valence electrons. The van der Waals surface area contributed by atoms with Gasteiger partial charge in [-0.05, 0) is 42.2 Å². The van der Waals surface area contributed by atoms with Crippen LogP contribution in [0.1, 0.15) is 28.7 Å².